The zero-order chi connectivity index (χ0) is 21.3. The second-order valence-electron chi connectivity index (χ2n) is 7.38. The van der Waals surface area contributed by atoms with Crippen molar-refractivity contribution in [3.63, 3.8) is 0 Å². The van der Waals surface area contributed by atoms with E-state index in [0.29, 0.717) is 19.0 Å². The van der Waals surface area contributed by atoms with E-state index in [9.17, 15) is 23.2 Å². The van der Waals surface area contributed by atoms with Crippen LogP contribution in [0.2, 0.25) is 0 Å². The number of halogens is 2. The number of carbonyl (C=O) groups excluding carboxylic acids is 3. The molecule has 2 aliphatic heterocycles. The number of carbonyl (C=O) groups is 3. The number of furan rings is 1. The van der Waals surface area contributed by atoms with Gasteiger partial charge >= 0.3 is 0 Å². The van der Waals surface area contributed by atoms with E-state index in [1.807, 2.05) is 0 Å². The standard InChI is InChI=1S/C21H21F2N3O4/c22-14-5-6-15(16(23)13-14)19(27)24-8-10-25(11-9-24)20(28)17-3-1-7-26(17)21(29)18-4-2-12-30-18/h2,4-6,12-13,17H,1,3,7-11H2/t17-/m0/s1. The first kappa shape index (κ1) is 20.1. The third-order valence-corrected chi connectivity index (χ3v) is 5.57. The fourth-order valence-electron chi connectivity index (χ4n) is 3.98. The van der Waals surface area contributed by atoms with Gasteiger partial charge in [0.05, 0.1) is 11.8 Å². The molecule has 0 bridgehead atoms. The van der Waals surface area contributed by atoms with Gasteiger partial charge in [0.1, 0.15) is 17.7 Å². The first-order valence-corrected chi connectivity index (χ1v) is 9.83. The minimum Gasteiger partial charge on any atom is -0.459 e. The molecule has 0 aliphatic carbocycles. The van der Waals surface area contributed by atoms with Crippen molar-refractivity contribution in [1.82, 2.24) is 14.7 Å². The van der Waals surface area contributed by atoms with Gasteiger partial charge < -0.3 is 19.1 Å². The van der Waals surface area contributed by atoms with Gasteiger partial charge in [0.2, 0.25) is 5.91 Å². The van der Waals surface area contributed by atoms with E-state index < -0.39 is 23.6 Å². The van der Waals surface area contributed by atoms with Crippen molar-refractivity contribution >= 4 is 17.7 Å². The Hall–Kier alpha value is -3.23. The van der Waals surface area contributed by atoms with E-state index in [4.69, 9.17) is 4.42 Å². The highest BCUT2D eigenvalue weighted by molar-refractivity contribution is 5.96. The third-order valence-electron chi connectivity index (χ3n) is 5.57. The molecule has 0 radical (unpaired) electrons. The first-order valence-electron chi connectivity index (χ1n) is 9.83. The van der Waals surface area contributed by atoms with Crippen LogP contribution in [0.5, 0.6) is 0 Å². The molecule has 30 heavy (non-hydrogen) atoms. The maximum absolute atomic E-state index is 13.9. The Balaban J connectivity index is 1.38. The van der Waals surface area contributed by atoms with Gasteiger partial charge in [-0.2, -0.15) is 0 Å². The number of piperazine rings is 1. The van der Waals surface area contributed by atoms with Crippen LogP contribution in [0.3, 0.4) is 0 Å². The summed E-state index contributed by atoms with van der Waals surface area (Å²) in [5.41, 5.74) is -0.192. The van der Waals surface area contributed by atoms with E-state index in [1.54, 1.807) is 17.0 Å². The van der Waals surface area contributed by atoms with Crippen LogP contribution in [-0.4, -0.2) is 71.2 Å². The molecule has 2 fully saturated rings. The van der Waals surface area contributed by atoms with E-state index in [-0.39, 0.29) is 49.3 Å². The summed E-state index contributed by atoms with van der Waals surface area (Å²) in [6, 6.07) is 5.49. The summed E-state index contributed by atoms with van der Waals surface area (Å²) in [6.07, 6.45) is 2.72. The van der Waals surface area contributed by atoms with Crippen molar-refractivity contribution in [3.05, 3.63) is 59.6 Å². The van der Waals surface area contributed by atoms with Gasteiger partial charge in [-0.15, -0.1) is 0 Å². The van der Waals surface area contributed by atoms with Crippen LogP contribution < -0.4 is 0 Å². The monoisotopic (exact) mass is 417 g/mol. The highest BCUT2D eigenvalue weighted by atomic mass is 19.1. The fraction of sp³-hybridized carbons (Fsp3) is 0.381. The van der Waals surface area contributed by atoms with Crippen molar-refractivity contribution in [2.45, 2.75) is 18.9 Å². The molecule has 1 aromatic heterocycles. The lowest BCUT2D eigenvalue weighted by Crippen LogP contribution is -2.55. The Morgan fingerprint density at radius 3 is 2.33 bits per heavy atom. The van der Waals surface area contributed by atoms with Crippen LogP contribution in [0.15, 0.2) is 41.0 Å². The van der Waals surface area contributed by atoms with Crippen LogP contribution in [-0.2, 0) is 4.79 Å². The second kappa shape index (κ2) is 8.25. The van der Waals surface area contributed by atoms with Crippen LogP contribution in [0.1, 0.15) is 33.8 Å². The molecule has 2 aromatic rings. The summed E-state index contributed by atoms with van der Waals surface area (Å²) in [5, 5.41) is 0. The Morgan fingerprint density at radius 2 is 1.67 bits per heavy atom. The van der Waals surface area contributed by atoms with Crippen molar-refractivity contribution < 1.29 is 27.6 Å². The van der Waals surface area contributed by atoms with E-state index in [1.165, 1.54) is 16.1 Å². The van der Waals surface area contributed by atoms with Gasteiger partial charge in [-0.05, 0) is 37.1 Å². The number of nitrogens with zero attached hydrogens (tertiary/aromatic N) is 3. The quantitative estimate of drug-likeness (QED) is 0.767. The lowest BCUT2D eigenvalue weighted by molar-refractivity contribution is -0.136. The predicted octanol–water partition coefficient (Wildman–Crippen LogP) is 2.15. The smallest absolute Gasteiger partial charge is 0.290 e. The number of hydrogen-bond donors (Lipinski definition) is 0. The topological polar surface area (TPSA) is 74.1 Å². The van der Waals surface area contributed by atoms with Gasteiger partial charge in [-0.25, -0.2) is 8.78 Å². The lowest BCUT2D eigenvalue weighted by atomic mass is 10.1. The van der Waals surface area contributed by atoms with Crippen molar-refractivity contribution in [2.24, 2.45) is 0 Å². The maximum atomic E-state index is 13.9. The number of amides is 3. The normalized spacial score (nSPS) is 19.3. The van der Waals surface area contributed by atoms with Gasteiger partial charge in [0, 0.05) is 38.8 Å². The van der Waals surface area contributed by atoms with E-state index in [0.717, 1.165) is 18.6 Å². The molecule has 7 nitrogen and oxygen atoms in total. The molecule has 3 amide bonds. The zero-order valence-corrected chi connectivity index (χ0v) is 16.2. The molecule has 9 heteroatoms. The zero-order valence-electron chi connectivity index (χ0n) is 16.2. The molecule has 0 unspecified atom stereocenters. The average Bonchev–Trinajstić information content (AvgIpc) is 3.45. The molecule has 3 heterocycles. The molecule has 4 rings (SSSR count). The molecule has 0 saturated carbocycles. The summed E-state index contributed by atoms with van der Waals surface area (Å²) in [5.74, 6) is -2.45. The average molecular weight is 417 g/mol. The molecule has 158 valence electrons. The largest absolute Gasteiger partial charge is 0.459 e. The summed E-state index contributed by atoms with van der Waals surface area (Å²) in [4.78, 5) is 42.8. The minimum absolute atomic E-state index is 0.160. The molecule has 2 saturated heterocycles. The molecule has 1 atom stereocenters. The van der Waals surface area contributed by atoms with Crippen LogP contribution >= 0.6 is 0 Å². The third kappa shape index (κ3) is 3.79. The fourth-order valence-corrected chi connectivity index (χ4v) is 3.98. The molecule has 0 N–H and O–H groups in total. The maximum Gasteiger partial charge on any atom is 0.290 e. The van der Waals surface area contributed by atoms with E-state index in [2.05, 4.69) is 0 Å². The van der Waals surface area contributed by atoms with Gasteiger partial charge in [-0.3, -0.25) is 14.4 Å². The molecule has 0 spiro atoms. The highest BCUT2D eigenvalue weighted by Gasteiger charge is 2.38. The van der Waals surface area contributed by atoms with Gasteiger partial charge in [0.25, 0.3) is 11.8 Å². The molecule has 1 aromatic carbocycles. The molecular formula is C21H21F2N3O4. The molecular weight excluding hydrogens is 396 g/mol. The predicted molar refractivity (Wildman–Crippen MR) is 102 cm³/mol. The van der Waals surface area contributed by atoms with E-state index >= 15 is 0 Å². The number of benzene rings is 1. The Morgan fingerprint density at radius 1 is 0.933 bits per heavy atom. The summed E-state index contributed by atoms with van der Waals surface area (Å²) in [6.45, 7) is 1.53. The first-order chi connectivity index (χ1) is 14.5. The Kier molecular flexibility index (Phi) is 5.52. The van der Waals surface area contributed by atoms with Crippen molar-refractivity contribution in [1.29, 1.82) is 0 Å². The van der Waals surface area contributed by atoms with Crippen molar-refractivity contribution in [2.75, 3.05) is 32.7 Å². The SMILES string of the molecule is O=C(c1ccc(F)cc1F)N1CCN(C(=O)[C@@H]2CCCN2C(=O)c2ccco2)CC1. The molecule has 2 aliphatic rings. The highest BCUT2D eigenvalue weighted by Crippen LogP contribution is 2.23. The Bertz CT molecular complexity index is 955. The van der Waals surface area contributed by atoms with Crippen LogP contribution in [0.25, 0.3) is 0 Å². The second-order valence-corrected chi connectivity index (χ2v) is 7.38. The summed E-state index contributed by atoms with van der Waals surface area (Å²) >= 11 is 0. The van der Waals surface area contributed by atoms with Gasteiger partial charge in [0.15, 0.2) is 5.76 Å². The summed E-state index contributed by atoms with van der Waals surface area (Å²) < 4.78 is 32.1. The van der Waals surface area contributed by atoms with Crippen LogP contribution in [0.4, 0.5) is 8.78 Å². The lowest BCUT2D eigenvalue weighted by Gasteiger charge is -2.37. The van der Waals surface area contributed by atoms with Crippen LogP contribution in [0, 0.1) is 11.6 Å². The summed E-state index contributed by atoms with van der Waals surface area (Å²) in [7, 11) is 0. The van der Waals surface area contributed by atoms with Gasteiger partial charge in [-0.1, -0.05) is 0 Å². The number of rotatable bonds is 3. The number of hydrogen-bond acceptors (Lipinski definition) is 4. The number of likely N-dealkylation sites (tertiary alicyclic amines) is 1. The Labute approximate surface area is 171 Å². The minimum atomic E-state index is -0.906. The van der Waals surface area contributed by atoms with Crippen molar-refractivity contribution in [3.8, 4) is 0 Å².